The molecule has 2 atom stereocenters. The molecule has 1 aromatic rings. The van der Waals surface area contributed by atoms with Crippen LogP contribution in [0.25, 0.3) is 0 Å². The molecule has 0 saturated heterocycles. The van der Waals surface area contributed by atoms with Crippen molar-refractivity contribution in [3.05, 3.63) is 35.6 Å². The Morgan fingerprint density at radius 3 is 2.58 bits per heavy atom. The monoisotopic (exact) mass is 265 g/mol. The van der Waals surface area contributed by atoms with Crippen molar-refractivity contribution in [2.75, 3.05) is 0 Å². The molecule has 0 aliphatic heterocycles. The standard InChI is InChI=1S/C14H16FNO3/c15-12-4-2-1-3-11(12)8-16-13(17)9-5-6-10(7-9)14(18)19/h1-4,9-10H,5-8H2,(H,16,17)(H,18,19)/t9-,10+/m0/s1. The Kier molecular flexibility index (Phi) is 4.14. The maximum atomic E-state index is 13.4. The van der Waals surface area contributed by atoms with Gasteiger partial charge in [0.2, 0.25) is 5.91 Å². The number of carboxylic acid groups (broad SMARTS) is 1. The Labute approximate surface area is 110 Å². The molecule has 1 amide bonds. The molecule has 1 fully saturated rings. The number of carboxylic acids is 1. The first-order valence-electron chi connectivity index (χ1n) is 6.32. The molecule has 0 spiro atoms. The first-order chi connectivity index (χ1) is 9.08. The number of amides is 1. The summed E-state index contributed by atoms with van der Waals surface area (Å²) in [6, 6.07) is 6.26. The largest absolute Gasteiger partial charge is 0.481 e. The summed E-state index contributed by atoms with van der Waals surface area (Å²) in [7, 11) is 0. The quantitative estimate of drug-likeness (QED) is 0.874. The van der Waals surface area contributed by atoms with Crippen LogP contribution in [0.5, 0.6) is 0 Å². The summed E-state index contributed by atoms with van der Waals surface area (Å²) >= 11 is 0. The normalized spacial score (nSPS) is 22.2. The van der Waals surface area contributed by atoms with Gasteiger partial charge in [0.25, 0.3) is 0 Å². The number of halogens is 1. The number of aliphatic carboxylic acids is 1. The van der Waals surface area contributed by atoms with Gasteiger partial charge in [0, 0.05) is 18.0 Å². The van der Waals surface area contributed by atoms with Crippen molar-refractivity contribution in [2.24, 2.45) is 11.8 Å². The van der Waals surface area contributed by atoms with Gasteiger partial charge in [0.05, 0.1) is 5.92 Å². The molecule has 0 bridgehead atoms. The predicted octanol–water partition coefficient (Wildman–Crippen LogP) is 1.94. The zero-order valence-corrected chi connectivity index (χ0v) is 10.4. The molecule has 19 heavy (non-hydrogen) atoms. The number of rotatable bonds is 4. The first kappa shape index (κ1) is 13.5. The van der Waals surface area contributed by atoms with E-state index < -0.39 is 11.9 Å². The van der Waals surface area contributed by atoms with Crippen molar-refractivity contribution in [2.45, 2.75) is 25.8 Å². The van der Waals surface area contributed by atoms with Gasteiger partial charge in [-0.25, -0.2) is 4.39 Å². The van der Waals surface area contributed by atoms with E-state index in [9.17, 15) is 14.0 Å². The third kappa shape index (κ3) is 3.30. The number of carbonyl (C=O) groups excluding carboxylic acids is 1. The lowest BCUT2D eigenvalue weighted by Gasteiger charge is -2.11. The van der Waals surface area contributed by atoms with E-state index in [0.29, 0.717) is 24.8 Å². The van der Waals surface area contributed by atoms with Gasteiger partial charge >= 0.3 is 5.97 Å². The molecule has 0 heterocycles. The third-order valence-corrected chi connectivity index (χ3v) is 3.56. The smallest absolute Gasteiger partial charge is 0.306 e. The van der Waals surface area contributed by atoms with Crippen LogP contribution in [0.4, 0.5) is 4.39 Å². The Morgan fingerprint density at radius 1 is 1.26 bits per heavy atom. The summed E-state index contributed by atoms with van der Waals surface area (Å²) in [5.74, 6) is -2.08. The molecule has 1 aliphatic rings. The molecular weight excluding hydrogens is 249 g/mol. The lowest BCUT2D eigenvalue weighted by atomic mass is 10.0. The SMILES string of the molecule is O=C(O)[C@@H]1CC[C@H](C(=O)NCc2ccccc2F)C1. The average molecular weight is 265 g/mol. The number of carbonyl (C=O) groups is 2. The highest BCUT2D eigenvalue weighted by molar-refractivity contribution is 5.80. The number of hydrogen-bond donors (Lipinski definition) is 2. The second kappa shape index (κ2) is 5.82. The number of nitrogens with one attached hydrogen (secondary N) is 1. The van der Waals surface area contributed by atoms with Gasteiger partial charge in [0.1, 0.15) is 5.82 Å². The van der Waals surface area contributed by atoms with E-state index >= 15 is 0 Å². The van der Waals surface area contributed by atoms with Crippen LogP contribution in [-0.2, 0) is 16.1 Å². The Bertz CT molecular complexity index is 489. The molecule has 102 valence electrons. The maximum Gasteiger partial charge on any atom is 0.306 e. The van der Waals surface area contributed by atoms with Gasteiger partial charge in [-0.3, -0.25) is 9.59 Å². The molecule has 1 saturated carbocycles. The van der Waals surface area contributed by atoms with Gasteiger partial charge in [-0.05, 0) is 25.3 Å². The highest BCUT2D eigenvalue weighted by Crippen LogP contribution is 2.31. The minimum Gasteiger partial charge on any atom is -0.481 e. The summed E-state index contributed by atoms with van der Waals surface area (Å²) in [6.45, 7) is 0.139. The summed E-state index contributed by atoms with van der Waals surface area (Å²) in [4.78, 5) is 22.7. The van der Waals surface area contributed by atoms with E-state index in [1.165, 1.54) is 6.07 Å². The van der Waals surface area contributed by atoms with E-state index in [4.69, 9.17) is 5.11 Å². The van der Waals surface area contributed by atoms with Gasteiger partial charge < -0.3 is 10.4 Å². The molecule has 0 radical (unpaired) electrons. The van der Waals surface area contributed by atoms with Crippen molar-refractivity contribution in [1.29, 1.82) is 0 Å². The topological polar surface area (TPSA) is 66.4 Å². The van der Waals surface area contributed by atoms with Crippen LogP contribution in [0.2, 0.25) is 0 Å². The minimum absolute atomic E-state index is 0.139. The molecule has 0 aromatic heterocycles. The second-order valence-corrected chi connectivity index (χ2v) is 4.85. The zero-order valence-electron chi connectivity index (χ0n) is 10.4. The number of hydrogen-bond acceptors (Lipinski definition) is 2. The van der Waals surface area contributed by atoms with Crippen LogP contribution in [0.3, 0.4) is 0 Å². The van der Waals surface area contributed by atoms with Gasteiger partial charge in [-0.2, -0.15) is 0 Å². The van der Waals surface area contributed by atoms with Gasteiger partial charge in [-0.15, -0.1) is 0 Å². The Morgan fingerprint density at radius 2 is 1.95 bits per heavy atom. The van der Waals surface area contributed by atoms with Crippen LogP contribution < -0.4 is 5.32 Å². The first-order valence-corrected chi connectivity index (χ1v) is 6.32. The zero-order chi connectivity index (χ0) is 13.8. The fourth-order valence-corrected chi connectivity index (χ4v) is 2.41. The lowest BCUT2D eigenvalue weighted by molar-refractivity contribution is -0.141. The molecule has 4 nitrogen and oxygen atoms in total. The minimum atomic E-state index is -0.843. The van der Waals surface area contributed by atoms with E-state index in [1.807, 2.05) is 0 Å². The van der Waals surface area contributed by atoms with Crippen molar-refractivity contribution in [1.82, 2.24) is 5.32 Å². The maximum absolute atomic E-state index is 13.4. The van der Waals surface area contributed by atoms with Crippen LogP contribution >= 0.6 is 0 Å². The van der Waals surface area contributed by atoms with Crippen molar-refractivity contribution in [3.8, 4) is 0 Å². The summed E-state index contributed by atoms with van der Waals surface area (Å²) in [5.41, 5.74) is 0.434. The molecular formula is C14H16FNO3. The van der Waals surface area contributed by atoms with E-state index in [1.54, 1.807) is 18.2 Å². The molecule has 1 aromatic carbocycles. The van der Waals surface area contributed by atoms with Crippen molar-refractivity contribution >= 4 is 11.9 Å². The predicted molar refractivity (Wildman–Crippen MR) is 66.7 cm³/mol. The summed E-state index contributed by atoms with van der Waals surface area (Å²) in [5, 5.41) is 11.5. The Balaban J connectivity index is 1.86. The van der Waals surface area contributed by atoms with Crippen molar-refractivity contribution < 1.29 is 19.1 Å². The Hall–Kier alpha value is -1.91. The van der Waals surface area contributed by atoms with Crippen LogP contribution in [0, 0.1) is 17.7 Å². The van der Waals surface area contributed by atoms with E-state index in [0.717, 1.165) is 0 Å². The molecule has 2 N–H and O–H groups in total. The molecule has 1 aliphatic carbocycles. The summed E-state index contributed by atoms with van der Waals surface area (Å²) < 4.78 is 13.4. The highest BCUT2D eigenvalue weighted by atomic mass is 19.1. The van der Waals surface area contributed by atoms with E-state index in [2.05, 4.69) is 5.32 Å². The average Bonchev–Trinajstić information content (AvgIpc) is 2.87. The van der Waals surface area contributed by atoms with Gasteiger partial charge in [-0.1, -0.05) is 18.2 Å². The van der Waals surface area contributed by atoms with Crippen LogP contribution in [0.15, 0.2) is 24.3 Å². The number of benzene rings is 1. The second-order valence-electron chi connectivity index (χ2n) is 4.85. The fourth-order valence-electron chi connectivity index (χ4n) is 2.41. The molecule has 5 heteroatoms. The van der Waals surface area contributed by atoms with Gasteiger partial charge in [0.15, 0.2) is 0 Å². The highest BCUT2D eigenvalue weighted by Gasteiger charge is 2.33. The third-order valence-electron chi connectivity index (χ3n) is 3.56. The fraction of sp³-hybridized carbons (Fsp3) is 0.429. The lowest BCUT2D eigenvalue weighted by Crippen LogP contribution is -2.29. The molecule has 0 unspecified atom stereocenters. The van der Waals surface area contributed by atoms with E-state index in [-0.39, 0.29) is 24.2 Å². The molecule has 2 rings (SSSR count). The van der Waals surface area contributed by atoms with Crippen LogP contribution in [-0.4, -0.2) is 17.0 Å². The van der Waals surface area contributed by atoms with Crippen molar-refractivity contribution in [3.63, 3.8) is 0 Å². The van der Waals surface area contributed by atoms with Crippen LogP contribution in [0.1, 0.15) is 24.8 Å². The summed E-state index contributed by atoms with van der Waals surface area (Å²) in [6.07, 6.45) is 1.49.